The van der Waals surface area contributed by atoms with Crippen molar-refractivity contribution in [2.24, 2.45) is 11.8 Å². The summed E-state index contributed by atoms with van der Waals surface area (Å²) >= 11 is 0. The van der Waals surface area contributed by atoms with E-state index in [1.54, 1.807) is 0 Å². The van der Waals surface area contributed by atoms with E-state index in [1.807, 2.05) is 0 Å². The number of hydrogen-bond acceptors (Lipinski definition) is 3. The lowest BCUT2D eigenvalue weighted by molar-refractivity contribution is 0.103. The zero-order valence-corrected chi connectivity index (χ0v) is 8.58. The van der Waals surface area contributed by atoms with Gasteiger partial charge in [0.1, 0.15) is 0 Å². The average molecular weight is 197 g/mol. The molecule has 0 amide bonds. The number of rotatable bonds is 2. The van der Waals surface area contributed by atoms with E-state index >= 15 is 0 Å². The summed E-state index contributed by atoms with van der Waals surface area (Å²) in [5.74, 6) is 2.11. The van der Waals surface area contributed by atoms with Gasteiger partial charge in [0, 0.05) is 6.04 Å². The Kier molecular flexibility index (Phi) is 2.48. The van der Waals surface area contributed by atoms with E-state index in [-0.39, 0.29) is 0 Å². The van der Waals surface area contributed by atoms with Gasteiger partial charge in [-0.05, 0) is 31.1 Å². The van der Waals surface area contributed by atoms with Crippen LogP contribution in [0.3, 0.4) is 0 Å². The molecule has 80 valence electrons. The first-order chi connectivity index (χ1) is 6.92. The second kappa shape index (κ2) is 3.80. The van der Waals surface area contributed by atoms with E-state index in [4.69, 9.17) is 9.47 Å². The molecule has 2 aliphatic carbocycles. The van der Waals surface area contributed by atoms with Gasteiger partial charge in [-0.3, -0.25) is 0 Å². The smallest absolute Gasteiger partial charge is 0.0701 e. The van der Waals surface area contributed by atoms with Gasteiger partial charge >= 0.3 is 0 Å². The molecule has 3 aliphatic rings. The molecule has 2 unspecified atom stereocenters. The largest absolute Gasteiger partial charge is 0.377 e. The Morgan fingerprint density at radius 1 is 0.786 bits per heavy atom. The van der Waals surface area contributed by atoms with E-state index in [0.717, 1.165) is 44.3 Å². The normalized spacial score (nSPS) is 43.3. The highest BCUT2D eigenvalue weighted by molar-refractivity contribution is 4.99. The standard InChI is InChI=1S/C11H19NO2/c1-2-14-7-11(6-13-1)12-10-4-8-3-9(8)5-10/h8-12H,1-7H2. The van der Waals surface area contributed by atoms with Gasteiger partial charge in [-0.25, -0.2) is 0 Å². The predicted octanol–water partition coefficient (Wildman–Crippen LogP) is 0.790. The minimum absolute atomic E-state index is 0.431. The third-order valence-corrected chi connectivity index (χ3v) is 3.73. The molecule has 3 heteroatoms. The van der Waals surface area contributed by atoms with Crippen LogP contribution in [0.25, 0.3) is 0 Å². The topological polar surface area (TPSA) is 30.5 Å². The third kappa shape index (κ3) is 1.95. The van der Waals surface area contributed by atoms with E-state index in [2.05, 4.69) is 5.32 Å². The maximum atomic E-state index is 5.47. The van der Waals surface area contributed by atoms with Crippen LogP contribution in [-0.4, -0.2) is 38.5 Å². The van der Waals surface area contributed by atoms with Crippen molar-refractivity contribution in [2.75, 3.05) is 26.4 Å². The van der Waals surface area contributed by atoms with Crippen molar-refractivity contribution >= 4 is 0 Å². The maximum Gasteiger partial charge on any atom is 0.0701 e. The average Bonchev–Trinajstić information content (AvgIpc) is 2.87. The van der Waals surface area contributed by atoms with Crippen LogP contribution in [0.1, 0.15) is 19.3 Å². The Balaban J connectivity index is 1.46. The van der Waals surface area contributed by atoms with Crippen LogP contribution in [0.5, 0.6) is 0 Å². The second-order valence-corrected chi connectivity index (χ2v) is 4.94. The lowest BCUT2D eigenvalue weighted by atomic mass is 10.1. The van der Waals surface area contributed by atoms with Gasteiger partial charge in [0.25, 0.3) is 0 Å². The first-order valence-electron chi connectivity index (χ1n) is 5.83. The summed E-state index contributed by atoms with van der Waals surface area (Å²) in [6.45, 7) is 3.17. The molecule has 3 rings (SSSR count). The fourth-order valence-corrected chi connectivity index (χ4v) is 2.90. The first kappa shape index (κ1) is 9.13. The quantitative estimate of drug-likeness (QED) is 0.710. The monoisotopic (exact) mass is 197 g/mol. The molecule has 14 heavy (non-hydrogen) atoms. The summed E-state index contributed by atoms with van der Waals surface area (Å²) in [5, 5.41) is 3.67. The Labute approximate surface area is 85.1 Å². The third-order valence-electron chi connectivity index (χ3n) is 3.73. The van der Waals surface area contributed by atoms with Gasteiger partial charge in [0.2, 0.25) is 0 Å². The molecule has 1 N–H and O–H groups in total. The summed E-state index contributed by atoms with van der Waals surface area (Å²) < 4.78 is 10.9. The van der Waals surface area contributed by atoms with Gasteiger partial charge in [0.05, 0.1) is 32.5 Å². The maximum absolute atomic E-state index is 5.47. The van der Waals surface area contributed by atoms with Crippen molar-refractivity contribution in [1.82, 2.24) is 5.32 Å². The summed E-state index contributed by atoms with van der Waals surface area (Å²) in [7, 11) is 0. The van der Waals surface area contributed by atoms with Crippen LogP contribution in [0.2, 0.25) is 0 Å². The van der Waals surface area contributed by atoms with Gasteiger partial charge in [-0.2, -0.15) is 0 Å². The van der Waals surface area contributed by atoms with Crippen molar-refractivity contribution in [3.05, 3.63) is 0 Å². The van der Waals surface area contributed by atoms with E-state index in [1.165, 1.54) is 19.3 Å². The van der Waals surface area contributed by atoms with E-state index in [0.29, 0.717) is 6.04 Å². The van der Waals surface area contributed by atoms with Crippen LogP contribution in [0.4, 0.5) is 0 Å². The Bertz CT molecular complexity index is 191. The first-order valence-corrected chi connectivity index (χ1v) is 5.83. The molecule has 0 radical (unpaired) electrons. The minimum Gasteiger partial charge on any atom is -0.377 e. The van der Waals surface area contributed by atoms with Crippen LogP contribution < -0.4 is 5.32 Å². The van der Waals surface area contributed by atoms with Gasteiger partial charge in [0.15, 0.2) is 0 Å². The van der Waals surface area contributed by atoms with Crippen molar-refractivity contribution in [3.63, 3.8) is 0 Å². The van der Waals surface area contributed by atoms with Crippen LogP contribution >= 0.6 is 0 Å². The highest BCUT2D eigenvalue weighted by Gasteiger charge is 2.46. The molecule has 1 aliphatic heterocycles. The summed E-state index contributed by atoms with van der Waals surface area (Å²) in [6.07, 6.45) is 4.28. The molecule has 3 nitrogen and oxygen atoms in total. The summed E-state index contributed by atoms with van der Waals surface area (Å²) in [5.41, 5.74) is 0. The Hall–Kier alpha value is -0.120. The lowest BCUT2D eigenvalue weighted by Crippen LogP contribution is -2.42. The van der Waals surface area contributed by atoms with Crippen molar-refractivity contribution in [3.8, 4) is 0 Å². The molecule has 2 atom stereocenters. The van der Waals surface area contributed by atoms with Crippen LogP contribution in [0.15, 0.2) is 0 Å². The predicted molar refractivity (Wildman–Crippen MR) is 53.2 cm³/mol. The Morgan fingerprint density at radius 3 is 2.07 bits per heavy atom. The molecular weight excluding hydrogens is 178 g/mol. The molecular formula is C11H19NO2. The molecule has 3 fully saturated rings. The van der Waals surface area contributed by atoms with Crippen molar-refractivity contribution in [2.45, 2.75) is 31.3 Å². The molecule has 2 saturated carbocycles. The van der Waals surface area contributed by atoms with Gasteiger partial charge in [-0.15, -0.1) is 0 Å². The van der Waals surface area contributed by atoms with E-state index in [9.17, 15) is 0 Å². The highest BCUT2D eigenvalue weighted by atomic mass is 16.5. The number of nitrogens with one attached hydrogen (secondary N) is 1. The molecule has 0 aromatic carbocycles. The van der Waals surface area contributed by atoms with Gasteiger partial charge in [-0.1, -0.05) is 0 Å². The zero-order valence-electron chi connectivity index (χ0n) is 8.58. The second-order valence-electron chi connectivity index (χ2n) is 4.94. The fourth-order valence-electron chi connectivity index (χ4n) is 2.90. The molecule has 1 heterocycles. The fraction of sp³-hybridized carbons (Fsp3) is 1.00. The molecule has 0 spiro atoms. The molecule has 0 aromatic rings. The number of fused-ring (bicyclic) bond motifs is 1. The SMILES string of the molecule is C1COCC(NC2CC3CC3C2)CO1. The lowest BCUT2D eigenvalue weighted by Gasteiger charge is -2.21. The molecule has 0 bridgehead atoms. The number of ether oxygens (including phenoxy) is 2. The zero-order chi connectivity index (χ0) is 9.38. The van der Waals surface area contributed by atoms with Crippen molar-refractivity contribution < 1.29 is 9.47 Å². The summed E-state index contributed by atoms with van der Waals surface area (Å²) in [6, 6.07) is 1.18. The van der Waals surface area contributed by atoms with Crippen LogP contribution in [0, 0.1) is 11.8 Å². The molecule has 1 saturated heterocycles. The minimum atomic E-state index is 0.431. The van der Waals surface area contributed by atoms with Gasteiger partial charge < -0.3 is 14.8 Å². The highest BCUT2D eigenvalue weighted by Crippen LogP contribution is 2.51. The Morgan fingerprint density at radius 2 is 1.43 bits per heavy atom. The van der Waals surface area contributed by atoms with E-state index < -0.39 is 0 Å². The van der Waals surface area contributed by atoms with Crippen molar-refractivity contribution in [1.29, 1.82) is 0 Å². The summed E-state index contributed by atoms with van der Waals surface area (Å²) in [4.78, 5) is 0. The number of hydrogen-bond donors (Lipinski definition) is 1. The molecule has 0 aromatic heterocycles. The van der Waals surface area contributed by atoms with Crippen LogP contribution in [-0.2, 0) is 9.47 Å².